The van der Waals surface area contributed by atoms with Gasteiger partial charge in [0.25, 0.3) is 0 Å². The third-order valence-corrected chi connectivity index (χ3v) is 6.36. The third-order valence-electron chi connectivity index (χ3n) is 5.35. The Morgan fingerprint density at radius 3 is 2.67 bits per heavy atom. The number of aromatic nitrogens is 5. The fourth-order valence-corrected chi connectivity index (χ4v) is 4.59. The van der Waals surface area contributed by atoms with Gasteiger partial charge < -0.3 is 14.8 Å². The minimum absolute atomic E-state index is 0.158. The van der Waals surface area contributed by atoms with Gasteiger partial charge in [-0.3, -0.25) is 9.58 Å². The Balaban J connectivity index is 1.40. The highest BCUT2D eigenvalue weighted by Crippen LogP contribution is 2.33. The molecular formula is C23H25N7O2S. The quantitative estimate of drug-likeness (QED) is 0.476. The summed E-state index contributed by atoms with van der Waals surface area (Å²) in [5.41, 5.74) is 2.85. The van der Waals surface area contributed by atoms with Crippen LogP contribution in [0.5, 0.6) is 11.8 Å². The van der Waals surface area contributed by atoms with Crippen LogP contribution in [0.3, 0.4) is 0 Å². The van der Waals surface area contributed by atoms with Crippen molar-refractivity contribution in [2.45, 2.75) is 19.6 Å². The normalized spacial score (nSPS) is 16.1. The second-order valence-electron chi connectivity index (χ2n) is 8.05. The van der Waals surface area contributed by atoms with Crippen molar-refractivity contribution in [3.63, 3.8) is 0 Å². The number of hydrogen-bond acceptors (Lipinski definition) is 9. The molecule has 0 aliphatic carbocycles. The van der Waals surface area contributed by atoms with Gasteiger partial charge in [-0.25, -0.2) is 4.98 Å². The van der Waals surface area contributed by atoms with Crippen LogP contribution in [0.4, 0.5) is 11.6 Å². The minimum Gasteiger partial charge on any atom is -0.480 e. The zero-order valence-electron chi connectivity index (χ0n) is 18.9. The Morgan fingerprint density at radius 2 is 1.94 bits per heavy atom. The first kappa shape index (κ1) is 21.4. The Labute approximate surface area is 196 Å². The highest BCUT2D eigenvalue weighted by molar-refractivity contribution is 7.11. The van der Waals surface area contributed by atoms with Gasteiger partial charge in [-0.15, -0.1) is 11.3 Å². The summed E-state index contributed by atoms with van der Waals surface area (Å²) in [7, 11) is 5.57. The lowest BCUT2D eigenvalue weighted by atomic mass is 10.1. The van der Waals surface area contributed by atoms with Gasteiger partial charge >= 0.3 is 0 Å². The third kappa shape index (κ3) is 4.53. The molecule has 1 atom stereocenters. The van der Waals surface area contributed by atoms with Crippen molar-refractivity contribution >= 4 is 23.0 Å². The van der Waals surface area contributed by atoms with Crippen molar-refractivity contribution in [1.29, 1.82) is 0 Å². The summed E-state index contributed by atoms with van der Waals surface area (Å²) in [4.78, 5) is 17.3. The number of methoxy groups -OCH3 is 1. The molecule has 0 spiro atoms. The van der Waals surface area contributed by atoms with Gasteiger partial charge in [-0.05, 0) is 38.2 Å². The van der Waals surface area contributed by atoms with E-state index >= 15 is 0 Å². The number of nitrogens with one attached hydrogen (secondary N) is 1. The van der Waals surface area contributed by atoms with Crippen LogP contribution >= 0.6 is 11.3 Å². The van der Waals surface area contributed by atoms with Gasteiger partial charge in [0, 0.05) is 54.1 Å². The molecule has 0 saturated carbocycles. The molecule has 0 radical (unpaired) electrons. The van der Waals surface area contributed by atoms with Crippen molar-refractivity contribution in [2.75, 3.05) is 26.0 Å². The van der Waals surface area contributed by atoms with Gasteiger partial charge in [0.1, 0.15) is 16.6 Å². The zero-order chi connectivity index (χ0) is 22.9. The summed E-state index contributed by atoms with van der Waals surface area (Å²) in [6, 6.07) is 7.83. The average molecular weight is 464 g/mol. The molecule has 33 heavy (non-hydrogen) atoms. The highest BCUT2D eigenvalue weighted by atomic mass is 32.1. The summed E-state index contributed by atoms with van der Waals surface area (Å²) < 4.78 is 13.6. The predicted molar refractivity (Wildman–Crippen MR) is 127 cm³/mol. The molecule has 1 aliphatic heterocycles. The number of rotatable bonds is 5. The lowest BCUT2D eigenvalue weighted by molar-refractivity contribution is 0.159. The number of ether oxygens (including phenoxy) is 2. The van der Waals surface area contributed by atoms with E-state index in [1.165, 1.54) is 4.88 Å². The van der Waals surface area contributed by atoms with E-state index in [2.05, 4.69) is 39.3 Å². The molecule has 9 nitrogen and oxygen atoms in total. The van der Waals surface area contributed by atoms with E-state index in [-0.39, 0.29) is 6.10 Å². The first-order valence-electron chi connectivity index (χ1n) is 10.6. The van der Waals surface area contributed by atoms with Crippen molar-refractivity contribution < 1.29 is 9.47 Å². The van der Waals surface area contributed by atoms with Crippen molar-refractivity contribution in [3.8, 4) is 22.9 Å². The van der Waals surface area contributed by atoms with Crippen LogP contribution in [-0.2, 0) is 13.6 Å². The van der Waals surface area contributed by atoms with E-state index < -0.39 is 0 Å². The molecule has 10 heteroatoms. The predicted octanol–water partition coefficient (Wildman–Crippen LogP) is 3.96. The first-order chi connectivity index (χ1) is 16.0. The second kappa shape index (κ2) is 8.80. The Kier molecular flexibility index (Phi) is 5.69. The largest absolute Gasteiger partial charge is 0.480 e. The van der Waals surface area contributed by atoms with E-state index in [9.17, 15) is 0 Å². The molecule has 5 rings (SSSR count). The molecule has 0 amide bonds. The first-order valence-corrected chi connectivity index (χ1v) is 11.4. The molecule has 1 N–H and O–H groups in total. The minimum atomic E-state index is -0.158. The topological polar surface area (TPSA) is 90.2 Å². The van der Waals surface area contributed by atoms with Crippen LogP contribution in [0.2, 0.25) is 0 Å². The lowest BCUT2D eigenvalue weighted by Gasteiger charge is -2.17. The Morgan fingerprint density at radius 1 is 1.12 bits per heavy atom. The number of likely N-dealkylation sites (N-methyl/N-ethyl adjacent to an activating group) is 1. The van der Waals surface area contributed by atoms with Crippen LogP contribution < -0.4 is 14.8 Å². The van der Waals surface area contributed by atoms with Crippen LogP contribution in [0.1, 0.15) is 21.6 Å². The summed E-state index contributed by atoms with van der Waals surface area (Å²) in [6.07, 6.45) is 5.44. The average Bonchev–Trinajstić information content (AvgIpc) is 3.39. The standard InChI is InChI=1S/C23H25N7O2S/c1-14-9-24-23(33-14)18-13-29(2)11-15-5-7-19(27-21(15)32-18)26-20-8-6-17(22(28-20)31-4)16-10-25-30(3)12-16/h5-10,12,18H,11,13H2,1-4H3,(H,26,27,28). The maximum Gasteiger partial charge on any atom is 0.223 e. The van der Waals surface area contributed by atoms with E-state index in [4.69, 9.17) is 14.5 Å². The van der Waals surface area contributed by atoms with Gasteiger partial charge in [0.05, 0.1) is 13.3 Å². The van der Waals surface area contributed by atoms with E-state index in [0.717, 1.165) is 34.8 Å². The van der Waals surface area contributed by atoms with Crippen molar-refractivity contribution in [3.05, 3.63) is 58.3 Å². The Hall–Kier alpha value is -3.50. The molecule has 0 bridgehead atoms. The molecular weight excluding hydrogens is 438 g/mol. The number of pyridine rings is 2. The number of thiazole rings is 1. The van der Waals surface area contributed by atoms with Gasteiger partial charge in [0.2, 0.25) is 11.8 Å². The molecule has 170 valence electrons. The zero-order valence-corrected chi connectivity index (χ0v) is 19.8. The fraction of sp³-hybridized carbons (Fsp3) is 0.304. The second-order valence-corrected chi connectivity index (χ2v) is 9.32. The van der Waals surface area contributed by atoms with E-state index in [1.807, 2.05) is 43.7 Å². The molecule has 0 saturated heterocycles. The van der Waals surface area contributed by atoms with Crippen LogP contribution in [-0.4, -0.2) is 50.3 Å². The van der Waals surface area contributed by atoms with E-state index in [0.29, 0.717) is 23.4 Å². The number of nitrogens with zero attached hydrogens (tertiary/aromatic N) is 6. The highest BCUT2D eigenvalue weighted by Gasteiger charge is 2.26. The van der Waals surface area contributed by atoms with Crippen LogP contribution in [0.25, 0.3) is 11.1 Å². The molecule has 4 aromatic heterocycles. The Bertz CT molecular complexity index is 1290. The maximum atomic E-state index is 6.33. The number of aryl methyl sites for hydroxylation is 2. The number of fused-ring (bicyclic) bond motifs is 1. The molecule has 0 fully saturated rings. The monoisotopic (exact) mass is 463 g/mol. The smallest absolute Gasteiger partial charge is 0.223 e. The van der Waals surface area contributed by atoms with Crippen LogP contribution in [0.15, 0.2) is 42.9 Å². The summed E-state index contributed by atoms with van der Waals surface area (Å²) in [5.74, 6) is 2.40. The maximum absolute atomic E-state index is 6.33. The molecule has 5 heterocycles. The molecule has 4 aromatic rings. The number of anilines is 2. The van der Waals surface area contributed by atoms with Crippen LogP contribution in [0, 0.1) is 6.92 Å². The lowest BCUT2D eigenvalue weighted by Crippen LogP contribution is -2.24. The van der Waals surface area contributed by atoms with Gasteiger partial charge in [0.15, 0.2) is 6.10 Å². The summed E-state index contributed by atoms with van der Waals surface area (Å²) in [6.45, 7) is 3.56. The van der Waals surface area contributed by atoms with E-state index in [1.54, 1.807) is 29.3 Å². The fourth-order valence-electron chi connectivity index (χ4n) is 3.80. The van der Waals surface area contributed by atoms with Gasteiger partial charge in [-0.1, -0.05) is 0 Å². The molecule has 0 aromatic carbocycles. The molecule has 1 unspecified atom stereocenters. The van der Waals surface area contributed by atoms with Crippen molar-refractivity contribution in [1.82, 2.24) is 29.6 Å². The molecule has 1 aliphatic rings. The number of hydrogen-bond donors (Lipinski definition) is 1. The van der Waals surface area contributed by atoms with Crippen molar-refractivity contribution in [2.24, 2.45) is 7.05 Å². The SMILES string of the molecule is COc1nc(Nc2ccc3c(n2)OC(c2ncc(C)s2)CN(C)C3)ccc1-c1cnn(C)c1. The van der Waals surface area contributed by atoms with Gasteiger partial charge in [-0.2, -0.15) is 15.1 Å². The summed E-state index contributed by atoms with van der Waals surface area (Å²) >= 11 is 1.66. The summed E-state index contributed by atoms with van der Waals surface area (Å²) in [5, 5.41) is 8.46.